The summed E-state index contributed by atoms with van der Waals surface area (Å²) in [7, 11) is 0. The fourth-order valence-electron chi connectivity index (χ4n) is 3.20. The van der Waals surface area contributed by atoms with Crippen molar-refractivity contribution in [1.82, 2.24) is 25.0 Å². The maximum Gasteiger partial charge on any atom is 0.248 e. The monoisotopic (exact) mass is 362 g/mol. The van der Waals surface area contributed by atoms with Crippen molar-refractivity contribution in [1.29, 1.82) is 0 Å². The summed E-state index contributed by atoms with van der Waals surface area (Å²) in [5.74, 6) is 1.10. The number of carbonyl (C=O) groups excluding carboxylic acids is 1. The number of piperazine rings is 1. The Kier molecular flexibility index (Phi) is 4.95. The summed E-state index contributed by atoms with van der Waals surface area (Å²) in [6, 6.07) is 17.1. The van der Waals surface area contributed by atoms with Crippen molar-refractivity contribution in [2.45, 2.75) is 6.54 Å². The molecule has 1 aliphatic rings. The molecule has 2 aromatic carbocycles. The second-order valence-corrected chi connectivity index (χ2v) is 6.57. The Balaban J connectivity index is 1.69. The number of rotatable bonds is 5. The highest BCUT2D eigenvalue weighted by atomic mass is 16.1. The zero-order valence-electron chi connectivity index (χ0n) is 15.0. The minimum atomic E-state index is -0.441. The van der Waals surface area contributed by atoms with Crippen LogP contribution in [-0.2, 0) is 6.54 Å². The Morgan fingerprint density at radius 2 is 1.74 bits per heavy atom. The number of amides is 1. The number of para-hydroxylation sites is 1. The van der Waals surface area contributed by atoms with Gasteiger partial charge in [0.15, 0.2) is 5.82 Å². The molecule has 1 saturated heterocycles. The first-order valence-corrected chi connectivity index (χ1v) is 9.05. The van der Waals surface area contributed by atoms with Crippen molar-refractivity contribution < 1.29 is 4.79 Å². The van der Waals surface area contributed by atoms with Gasteiger partial charge in [0, 0.05) is 37.3 Å². The second-order valence-electron chi connectivity index (χ2n) is 6.57. The predicted octanol–water partition coefficient (Wildman–Crippen LogP) is 1.44. The van der Waals surface area contributed by atoms with Crippen molar-refractivity contribution >= 4 is 5.91 Å². The highest BCUT2D eigenvalue weighted by Gasteiger charge is 2.18. The van der Waals surface area contributed by atoms with Crippen molar-refractivity contribution in [2.75, 3.05) is 26.2 Å². The summed E-state index contributed by atoms with van der Waals surface area (Å²) in [6.45, 7) is 4.69. The summed E-state index contributed by atoms with van der Waals surface area (Å²) in [5.41, 5.74) is 7.64. The molecule has 27 heavy (non-hydrogen) atoms. The van der Waals surface area contributed by atoms with Crippen LogP contribution in [0.2, 0.25) is 0 Å². The lowest BCUT2D eigenvalue weighted by Gasteiger charge is -2.26. The lowest BCUT2D eigenvalue weighted by molar-refractivity contribution is 0.100. The number of nitrogens with two attached hydrogens (primary N) is 1. The van der Waals surface area contributed by atoms with Gasteiger partial charge < -0.3 is 11.1 Å². The molecule has 0 aliphatic carbocycles. The number of carbonyl (C=O) groups is 1. The molecule has 1 aliphatic heterocycles. The molecule has 7 nitrogen and oxygen atoms in total. The number of nitrogens with zero attached hydrogens (tertiary/aromatic N) is 4. The molecule has 0 spiro atoms. The molecule has 3 N–H and O–H groups in total. The summed E-state index contributed by atoms with van der Waals surface area (Å²) in [5, 5.41) is 8.11. The number of nitrogens with one attached hydrogen (secondary N) is 1. The fourth-order valence-corrected chi connectivity index (χ4v) is 3.20. The van der Waals surface area contributed by atoms with E-state index in [9.17, 15) is 4.79 Å². The highest BCUT2D eigenvalue weighted by Crippen LogP contribution is 2.20. The lowest BCUT2D eigenvalue weighted by atomic mass is 10.1. The average Bonchev–Trinajstić information content (AvgIpc) is 3.13. The predicted molar refractivity (Wildman–Crippen MR) is 103 cm³/mol. The third-order valence-electron chi connectivity index (χ3n) is 4.68. The first kappa shape index (κ1) is 17.4. The number of primary amides is 1. The van der Waals surface area contributed by atoms with Crippen LogP contribution in [0, 0.1) is 0 Å². The Labute approximate surface area is 157 Å². The maximum absolute atomic E-state index is 11.3. The number of aromatic nitrogens is 3. The molecule has 4 rings (SSSR count). The third kappa shape index (κ3) is 3.89. The highest BCUT2D eigenvalue weighted by molar-refractivity contribution is 5.93. The van der Waals surface area contributed by atoms with Gasteiger partial charge in [-0.1, -0.05) is 30.3 Å². The van der Waals surface area contributed by atoms with E-state index in [1.165, 1.54) is 0 Å². The summed E-state index contributed by atoms with van der Waals surface area (Å²) < 4.78 is 1.90. The van der Waals surface area contributed by atoms with Gasteiger partial charge in [-0.15, -0.1) is 5.10 Å². The van der Waals surface area contributed by atoms with Crippen LogP contribution in [-0.4, -0.2) is 51.8 Å². The topological polar surface area (TPSA) is 89.1 Å². The normalized spacial score (nSPS) is 15.0. The molecule has 138 valence electrons. The van der Waals surface area contributed by atoms with E-state index in [-0.39, 0.29) is 0 Å². The molecular weight excluding hydrogens is 340 g/mol. The van der Waals surface area contributed by atoms with Gasteiger partial charge in [-0.3, -0.25) is 9.69 Å². The second kappa shape index (κ2) is 7.69. The van der Waals surface area contributed by atoms with Crippen LogP contribution in [0.5, 0.6) is 0 Å². The minimum Gasteiger partial charge on any atom is -0.366 e. The molecule has 1 fully saturated rings. The first-order valence-electron chi connectivity index (χ1n) is 9.05. The van der Waals surface area contributed by atoms with Gasteiger partial charge in [-0.2, -0.15) is 0 Å². The van der Waals surface area contributed by atoms with Gasteiger partial charge in [0.2, 0.25) is 5.91 Å². The molecule has 3 aromatic rings. The fraction of sp³-hybridized carbons (Fsp3) is 0.250. The van der Waals surface area contributed by atoms with E-state index < -0.39 is 5.91 Å². The summed E-state index contributed by atoms with van der Waals surface area (Å²) in [6.07, 6.45) is 0. The zero-order chi connectivity index (χ0) is 18.6. The van der Waals surface area contributed by atoms with Crippen LogP contribution in [0.15, 0.2) is 54.6 Å². The Hall–Kier alpha value is -3.03. The zero-order valence-corrected chi connectivity index (χ0v) is 15.0. The first-order chi connectivity index (χ1) is 13.2. The van der Waals surface area contributed by atoms with E-state index in [1.807, 2.05) is 47.1 Å². The molecule has 0 radical (unpaired) electrons. The molecule has 0 saturated carbocycles. The van der Waals surface area contributed by atoms with Gasteiger partial charge in [-0.25, -0.2) is 9.67 Å². The van der Waals surface area contributed by atoms with E-state index in [1.54, 1.807) is 12.1 Å². The molecule has 0 bridgehead atoms. The standard InChI is InChI=1S/C20H22N6O/c21-19(27)15-6-8-16(9-7-15)20-23-18(14-25-12-10-22-11-13-25)26(24-20)17-4-2-1-3-5-17/h1-9,22H,10-14H2,(H2,21,27). The molecule has 1 aromatic heterocycles. The molecule has 0 atom stereocenters. The van der Waals surface area contributed by atoms with Crippen LogP contribution in [0.1, 0.15) is 16.2 Å². The molecule has 0 unspecified atom stereocenters. The van der Waals surface area contributed by atoms with Crippen LogP contribution in [0.25, 0.3) is 17.1 Å². The largest absolute Gasteiger partial charge is 0.366 e. The number of benzene rings is 2. The Bertz CT molecular complexity index is 913. The van der Waals surface area contributed by atoms with E-state index in [4.69, 9.17) is 15.8 Å². The molecular formula is C20H22N6O. The van der Waals surface area contributed by atoms with Crippen LogP contribution < -0.4 is 11.1 Å². The van der Waals surface area contributed by atoms with Gasteiger partial charge >= 0.3 is 0 Å². The Morgan fingerprint density at radius 1 is 1.04 bits per heavy atom. The third-order valence-corrected chi connectivity index (χ3v) is 4.68. The van der Waals surface area contributed by atoms with E-state index >= 15 is 0 Å². The van der Waals surface area contributed by atoms with Crippen LogP contribution in [0.4, 0.5) is 0 Å². The quantitative estimate of drug-likeness (QED) is 0.717. The molecule has 7 heteroatoms. The van der Waals surface area contributed by atoms with Gasteiger partial charge in [0.1, 0.15) is 5.82 Å². The van der Waals surface area contributed by atoms with Crippen LogP contribution in [0.3, 0.4) is 0 Å². The van der Waals surface area contributed by atoms with Crippen molar-refractivity contribution in [3.63, 3.8) is 0 Å². The van der Waals surface area contributed by atoms with Crippen LogP contribution >= 0.6 is 0 Å². The number of hydrogen-bond acceptors (Lipinski definition) is 5. The van der Waals surface area contributed by atoms with Gasteiger partial charge in [0.25, 0.3) is 0 Å². The Morgan fingerprint density at radius 3 is 2.41 bits per heavy atom. The summed E-state index contributed by atoms with van der Waals surface area (Å²) >= 11 is 0. The van der Waals surface area contributed by atoms with E-state index in [2.05, 4.69) is 10.2 Å². The number of hydrogen-bond donors (Lipinski definition) is 2. The average molecular weight is 362 g/mol. The van der Waals surface area contributed by atoms with E-state index in [0.29, 0.717) is 11.4 Å². The van der Waals surface area contributed by atoms with Gasteiger partial charge in [0.05, 0.1) is 12.2 Å². The summed E-state index contributed by atoms with van der Waals surface area (Å²) in [4.78, 5) is 18.5. The minimum absolute atomic E-state index is 0.441. The van der Waals surface area contributed by atoms with E-state index in [0.717, 1.165) is 49.8 Å². The van der Waals surface area contributed by atoms with Crippen molar-refractivity contribution in [2.24, 2.45) is 5.73 Å². The SMILES string of the molecule is NC(=O)c1ccc(-c2nc(CN3CCNCC3)n(-c3ccccc3)n2)cc1. The van der Waals surface area contributed by atoms with Gasteiger partial charge in [-0.05, 0) is 24.3 Å². The molecule has 2 heterocycles. The lowest BCUT2D eigenvalue weighted by Crippen LogP contribution is -2.43. The maximum atomic E-state index is 11.3. The molecule has 1 amide bonds. The van der Waals surface area contributed by atoms with Crippen molar-refractivity contribution in [3.8, 4) is 17.1 Å². The van der Waals surface area contributed by atoms with Crippen molar-refractivity contribution in [3.05, 3.63) is 66.0 Å². The smallest absolute Gasteiger partial charge is 0.248 e.